The molecule has 7 heteroatoms. The molecule has 0 saturated heterocycles. The van der Waals surface area contributed by atoms with Crippen LogP contribution in [0.4, 0.5) is 0 Å². The fraction of sp³-hybridized carbons (Fsp3) is 0.444. The van der Waals surface area contributed by atoms with Crippen LogP contribution in [-0.2, 0) is 4.79 Å². The molecule has 0 radical (unpaired) electrons. The van der Waals surface area contributed by atoms with E-state index in [1.165, 1.54) is 18.4 Å². The van der Waals surface area contributed by atoms with Crippen LogP contribution in [-0.4, -0.2) is 40.5 Å². The Balaban J connectivity index is 2.76. The average Bonchev–Trinajstić information content (AvgIpc) is 2.64. The van der Waals surface area contributed by atoms with Gasteiger partial charge in [0.05, 0.1) is 6.04 Å². The van der Waals surface area contributed by atoms with E-state index < -0.39 is 11.9 Å². The van der Waals surface area contributed by atoms with Gasteiger partial charge in [0.15, 0.2) is 0 Å². The van der Waals surface area contributed by atoms with E-state index >= 15 is 0 Å². The van der Waals surface area contributed by atoms with Gasteiger partial charge in [0.25, 0.3) is 5.91 Å². The molecule has 1 aromatic rings. The monoisotopic (exact) mass is 243 g/mol. The topological polar surface area (TPSA) is 96.5 Å². The minimum Gasteiger partial charge on any atom is -0.480 e. The molecule has 0 aliphatic heterocycles. The van der Waals surface area contributed by atoms with E-state index in [4.69, 9.17) is 10.8 Å². The van der Waals surface area contributed by atoms with Crippen LogP contribution in [0.15, 0.2) is 5.38 Å². The van der Waals surface area contributed by atoms with Crippen LogP contribution in [0.1, 0.15) is 28.5 Å². The molecule has 0 spiro atoms. The summed E-state index contributed by atoms with van der Waals surface area (Å²) in [6.45, 7) is 1.43. The van der Waals surface area contributed by atoms with Gasteiger partial charge in [-0.25, -0.2) is 4.98 Å². The highest BCUT2D eigenvalue weighted by atomic mass is 32.1. The molecule has 3 N–H and O–H groups in total. The number of likely N-dealkylation sites (N-methyl/N-ethyl adjacent to an activating group) is 1. The highest BCUT2D eigenvalue weighted by molar-refractivity contribution is 7.09. The standard InChI is InChI=1S/C9H13N3O3S/c1-5(10)8-11-6(4-16-8)9(15)12(2)3-7(13)14/h4-5H,3,10H2,1-2H3,(H,13,14). The second-order valence-electron chi connectivity index (χ2n) is 3.41. The van der Waals surface area contributed by atoms with Gasteiger partial charge < -0.3 is 15.7 Å². The van der Waals surface area contributed by atoms with E-state index in [-0.39, 0.29) is 18.3 Å². The second-order valence-corrected chi connectivity index (χ2v) is 4.30. The number of hydrogen-bond donors (Lipinski definition) is 2. The van der Waals surface area contributed by atoms with Gasteiger partial charge in [-0.15, -0.1) is 11.3 Å². The van der Waals surface area contributed by atoms with Crippen molar-refractivity contribution in [3.63, 3.8) is 0 Å². The second kappa shape index (κ2) is 5.04. The SMILES string of the molecule is CC(N)c1nc(C(=O)N(C)CC(=O)O)cs1. The molecule has 0 bridgehead atoms. The summed E-state index contributed by atoms with van der Waals surface area (Å²) in [5.41, 5.74) is 5.85. The number of amides is 1. The van der Waals surface area contributed by atoms with E-state index in [1.54, 1.807) is 12.3 Å². The van der Waals surface area contributed by atoms with Crippen LogP contribution in [0.3, 0.4) is 0 Å². The number of aliphatic carboxylic acids is 1. The van der Waals surface area contributed by atoms with Crippen molar-refractivity contribution in [3.8, 4) is 0 Å². The van der Waals surface area contributed by atoms with Crippen molar-refractivity contribution in [3.05, 3.63) is 16.1 Å². The summed E-state index contributed by atoms with van der Waals surface area (Å²) < 4.78 is 0. The van der Waals surface area contributed by atoms with Gasteiger partial charge in [-0.3, -0.25) is 9.59 Å². The third kappa shape index (κ3) is 3.01. The molecule has 0 fully saturated rings. The number of aromatic nitrogens is 1. The lowest BCUT2D eigenvalue weighted by Crippen LogP contribution is -2.32. The summed E-state index contributed by atoms with van der Waals surface area (Å²) >= 11 is 1.29. The fourth-order valence-corrected chi connectivity index (χ4v) is 1.82. The molecule has 0 aromatic carbocycles. The molecule has 1 unspecified atom stereocenters. The van der Waals surface area contributed by atoms with E-state index in [0.29, 0.717) is 5.01 Å². The zero-order chi connectivity index (χ0) is 12.3. The molecule has 1 atom stereocenters. The lowest BCUT2D eigenvalue weighted by Gasteiger charge is -2.12. The first kappa shape index (κ1) is 12.6. The number of carbonyl (C=O) groups excluding carboxylic acids is 1. The summed E-state index contributed by atoms with van der Waals surface area (Å²) in [5, 5.41) is 10.8. The Morgan fingerprint density at radius 3 is 2.75 bits per heavy atom. The molecular weight excluding hydrogens is 230 g/mol. The Hall–Kier alpha value is -1.47. The van der Waals surface area contributed by atoms with Crippen molar-refractivity contribution >= 4 is 23.2 Å². The molecule has 1 heterocycles. The molecular formula is C9H13N3O3S. The van der Waals surface area contributed by atoms with Crippen molar-refractivity contribution in [1.82, 2.24) is 9.88 Å². The largest absolute Gasteiger partial charge is 0.480 e. The predicted octanol–water partition coefficient (Wildman–Crippen LogP) is 0.319. The molecule has 0 aliphatic rings. The molecule has 1 aromatic heterocycles. The molecule has 16 heavy (non-hydrogen) atoms. The zero-order valence-corrected chi connectivity index (χ0v) is 9.82. The van der Waals surface area contributed by atoms with Gasteiger partial charge in [0, 0.05) is 12.4 Å². The number of carboxylic acids is 1. The minimum atomic E-state index is -1.06. The Bertz CT molecular complexity index is 402. The van der Waals surface area contributed by atoms with E-state index in [2.05, 4.69) is 4.98 Å². The lowest BCUT2D eigenvalue weighted by molar-refractivity contribution is -0.137. The first-order valence-corrected chi connectivity index (χ1v) is 5.48. The van der Waals surface area contributed by atoms with Gasteiger partial charge in [-0.1, -0.05) is 0 Å². The molecule has 88 valence electrons. The Morgan fingerprint density at radius 1 is 1.69 bits per heavy atom. The van der Waals surface area contributed by atoms with Gasteiger partial charge in [0.2, 0.25) is 0 Å². The average molecular weight is 243 g/mol. The van der Waals surface area contributed by atoms with Crippen molar-refractivity contribution < 1.29 is 14.7 Å². The van der Waals surface area contributed by atoms with E-state index in [1.807, 2.05) is 0 Å². The molecule has 0 saturated carbocycles. The maximum atomic E-state index is 11.7. The van der Waals surface area contributed by atoms with Crippen LogP contribution in [0.2, 0.25) is 0 Å². The maximum absolute atomic E-state index is 11.7. The summed E-state index contributed by atoms with van der Waals surface area (Å²) in [5.74, 6) is -1.47. The normalized spacial score (nSPS) is 12.2. The maximum Gasteiger partial charge on any atom is 0.323 e. The highest BCUT2D eigenvalue weighted by Crippen LogP contribution is 2.16. The van der Waals surface area contributed by atoms with Crippen molar-refractivity contribution in [2.24, 2.45) is 5.73 Å². The van der Waals surface area contributed by atoms with Gasteiger partial charge >= 0.3 is 5.97 Å². The lowest BCUT2D eigenvalue weighted by atomic mass is 10.3. The van der Waals surface area contributed by atoms with Crippen LogP contribution in [0.5, 0.6) is 0 Å². The summed E-state index contributed by atoms with van der Waals surface area (Å²) in [7, 11) is 1.42. The van der Waals surface area contributed by atoms with Crippen LogP contribution < -0.4 is 5.73 Å². The van der Waals surface area contributed by atoms with Crippen LogP contribution >= 0.6 is 11.3 Å². The molecule has 6 nitrogen and oxygen atoms in total. The smallest absolute Gasteiger partial charge is 0.323 e. The number of rotatable bonds is 4. The number of thiazole rings is 1. The number of hydrogen-bond acceptors (Lipinski definition) is 5. The highest BCUT2D eigenvalue weighted by Gasteiger charge is 2.18. The van der Waals surface area contributed by atoms with Crippen molar-refractivity contribution in [2.45, 2.75) is 13.0 Å². The number of carbonyl (C=O) groups is 2. The number of nitrogens with two attached hydrogens (primary N) is 1. The van der Waals surface area contributed by atoms with Crippen molar-refractivity contribution in [2.75, 3.05) is 13.6 Å². The van der Waals surface area contributed by atoms with Crippen LogP contribution in [0, 0.1) is 0 Å². The zero-order valence-electron chi connectivity index (χ0n) is 9.01. The first-order chi connectivity index (χ1) is 7.41. The minimum absolute atomic E-state index is 0.226. The molecule has 1 rings (SSSR count). The van der Waals surface area contributed by atoms with Gasteiger partial charge in [-0.05, 0) is 6.92 Å². The Morgan fingerprint density at radius 2 is 2.31 bits per heavy atom. The Labute approximate surface area is 96.7 Å². The van der Waals surface area contributed by atoms with Gasteiger partial charge in [-0.2, -0.15) is 0 Å². The third-order valence-electron chi connectivity index (χ3n) is 1.85. The number of nitrogens with zero attached hydrogens (tertiary/aromatic N) is 2. The summed E-state index contributed by atoms with van der Waals surface area (Å²) in [6.07, 6.45) is 0. The molecule has 1 amide bonds. The van der Waals surface area contributed by atoms with Gasteiger partial charge in [0.1, 0.15) is 17.2 Å². The fourth-order valence-electron chi connectivity index (χ4n) is 1.07. The number of carboxylic acid groups (broad SMARTS) is 1. The Kier molecular flexibility index (Phi) is 3.97. The van der Waals surface area contributed by atoms with E-state index in [9.17, 15) is 9.59 Å². The van der Waals surface area contributed by atoms with Crippen LogP contribution in [0.25, 0.3) is 0 Å². The first-order valence-electron chi connectivity index (χ1n) is 4.60. The van der Waals surface area contributed by atoms with E-state index in [0.717, 1.165) is 4.90 Å². The van der Waals surface area contributed by atoms with Crippen molar-refractivity contribution in [1.29, 1.82) is 0 Å². The summed E-state index contributed by atoms with van der Waals surface area (Å²) in [6, 6.07) is -0.226. The summed E-state index contributed by atoms with van der Waals surface area (Å²) in [4.78, 5) is 27.3. The quantitative estimate of drug-likeness (QED) is 0.793. The molecule has 0 aliphatic carbocycles. The third-order valence-corrected chi connectivity index (χ3v) is 2.90. The predicted molar refractivity (Wildman–Crippen MR) is 59.3 cm³/mol.